The Morgan fingerprint density at radius 3 is 2.75 bits per heavy atom. The molecule has 0 aliphatic heterocycles. The molecule has 0 amide bonds. The van der Waals surface area contributed by atoms with Gasteiger partial charge >= 0.3 is 0 Å². The number of halogens is 1. The normalized spacial score (nSPS) is 9.83. The summed E-state index contributed by atoms with van der Waals surface area (Å²) in [6.07, 6.45) is 0. The molecule has 0 saturated carbocycles. The number of rotatable bonds is 2. The summed E-state index contributed by atoms with van der Waals surface area (Å²) in [5, 5.41) is 19.0. The SMILES string of the molecule is O=[N+]([O-])c1cc([CH]O)ccc1I. The van der Waals surface area contributed by atoms with Crippen molar-refractivity contribution in [1.29, 1.82) is 0 Å². The van der Waals surface area contributed by atoms with Crippen LogP contribution in [-0.2, 0) is 0 Å². The molecule has 0 fully saturated rings. The molecule has 1 aromatic rings. The Hall–Kier alpha value is -0.690. The number of benzene rings is 1. The number of aliphatic hydroxyl groups is 1. The predicted octanol–water partition coefficient (Wildman–Crippen LogP) is 2.08. The van der Waals surface area contributed by atoms with Gasteiger partial charge in [0.1, 0.15) is 6.61 Å². The van der Waals surface area contributed by atoms with Gasteiger partial charge in [-0.3, -0.25) is 10.1 Å². The van der Waals surface area contributed by atoms with Gasteiger partial charge in [0.2, 0.25) is 0 Å². The topological polar surface area (TPSA) is 63.4 Å². The second-order valence-electron chi connectivity index (χ2n) is 2.10. The standard InChI is InChI=1S/C7H5INO3/c8-6-2-1-5(4-10)3-7(6)9(11)12/h1-4,10H. The molecule has 4 nitrogen and oxygen atoms in total. The van der Waals surface area contributed by atoms with E-state index in [1.807, 2.05) is 22.6 Å². The van der Waals surface area contributed by atoms with Crippen molar-refractivity contribution in [3.05, 3.63) is 44.1 Å². The monoisotopic (exact) mass is 278 g/mol. The van der Waals surface area contributed by atoms with Gasteiger partial charge in [-0.2, -0.15) is 0 Å². The van der Waals surface area contributed by atoms with E-state index >= 15 is 0 Å². The lowest BCUT2D eigenvalue weighted by Gasteiger charge is -1.97. The Bertz CT molecular complexity index is 314. The molecular weight excluding hydrogens is 273 g/mol. The van der Waals surface area contributed by atoms with Crippen LogP contribution in [0.5, 0.6) is 0 Å². The molecule has 1 N–H and O–H groups in total. The summed E-state index contributed by atoms with van der Waals surface area (Å²) < 4.78 is 0.559. The predicted molar refractivity (Wildman–Crippen MR) is 51.2 cm³/mol. The maximum atomic E-state index is 10.4. The minimum atomic E-state index is -0.477. The van der Waals surface area contributed by atoms with Gasteiger partial charge in [-0.15, -0.1) is 0 Å². The first kappa shape index (κ1) is 9.40. The molecule has 0 saturated heterocycles. The van der Waals surface area contributed by atoms with Crippen LogP contribution < -0.4 is 0 Å². The summed E-state index contributed by atoms with van der Waals surface area (Å²) >= 11 is 1.87. The van der Waals surface area contributed by atoms with Gasteiger partial charge in [0, 0.05) is 6.07 Å². The van der Waals surface area contributed by atoms with E-state index in [1.165, 1.54) is 6.07 Å². The molecule has 0 heterocycles. The van der Waals surface area contributed by atoms with Gasteiger partial charge in [-0.1, -0.05) is 6.07 Å². The van der Waals surface area contributed by atoms with Gasteiger partial charge in [-0.05, 0) is 34.2 Å². The Balaban J connectivity index is 3.17. The summed E-state index contributed by atoms with van der Waals surface area (Å²) in [6.45, 7) is 0.836. The quantitative estimate of drug-likeness (QED) is 0.511. The lowest BCUT2D eigenvalue weighted by atomic mass is 10.2. The second kappa shape index (κ2) is 3.81. The van der Waals surface area contributed by atoms with Crippen LogP contribution in [0.3, 0.4) is 0 Å². The summed E-state index contributed by atoms with van der Waals surface area (Å²) in [5.74, 6) is 0. The first-order valence-electron chi connectivity index (χ1n) is 3.06. The fourth-order valence-corrected chi connectivity index (χ4v) is 1.28. The average Bonchev–Trinajstić information content (AvgIpc) is 2.05. The largest absolute Gasteiger partial charge is 0.385 e. The van der Waals surface area contributed by atoms with Gasteiger partial charge in [0.25, 0.3) is 5.69 Å². The van der Waals surface area contributed by atoms with E-state index in [-0.39, 0.29) is 5.69 Å². The lowest BCUT2D eigenvalue weighted by molar-refractivity contribution is -0.385. The number of nitrogens with zero attached hydrogens (tertiary/aromatic N) is 1. The highest BCUT2D eigenvalue weighted by molar-refractivity contribution is 14.1. The molecule has 1 aromatic carbocycles. The van der Waals surface area contributed by atoms with Crippen LogP contribution in [0, 0.1) is 20.3 Å². The van der Waals surface area contributed by atoms with Crippen molar-refractivity contribution in [3.8, 4) is 0 Å². The summed E-state index contributed by atoms with van der Waals surface area (Å²) in [4.78, 5) is 9.92. The first-order chi connectivity index (χ1) is 5.65. The van der Waals surface area contributed by atoms with Gasteiger partial charge in [0.05, 0.1) is 8.49 Å². The van der Waals surface area contributed by atoms with E-state index in [4.69, 9.17) is 5.11 Å². The van der Waals surface area contributed by atoms with Gasteiger partial charge in [-0.25, -0.2) is 0 Å². The molecule has 1 radical (unpaired) electrons. The third-order valence-electron chi connectivity index (χ3n) is 1.32. The van der Waals surface area contributed by atoms with Crippen molar-refractivity contribution >= 4 is 28.3 Å². The van der Waals surface area contributed by atoms with E-state index in [1.54, 1.807) is 12.1 Å². The number of nitro benzene ring substituents is 1. The van der Waals surface area contributed by atoms with Crippen LogP contribution in [0.15, 0.2) is 18.2 Å². The lowest BCUT2D eigenvalue weighted by Crippen LogP contribution is -1.92. The maximum absolute atomic E-state index is 10.4. The second-order valence-corrected chi connectivity index (χ2v) is 3.26. The van der Waals surface area contributed by atoms with E-state index < -0.39 is 4.92 Å². The maximum Gasteiger partial charge on any atom is 0.283 e. The minimum Gasteiger partial charge on any atom is -0.385 e. The molecule has 0 aliphatic rings. The van der Waals surface area contributed by atoms with E-state index in [2.05, 4.69) is 0 Å². The van der Waals surface area contributed by atoms with E-state index in [0.29, 0.717) is 9.13 Å². The molecule has 0 bridgehead atoms. The first-order valence-corrected chi connectivity index (χ1v) is 4.14. The molecule has 0 unspecified atom stereocenters. The molecule has 63 valence electrons. The molecule has 1 rings (SSSR count). The van der Waals surface area contributed by atoms with Crippen molar-refractivity contribution in [2.45, 2.75) is 0 Å². The van der Waals surface area contributed by atoms with Crippen LogP contribution in [0.2, 0.25) is 0 Å². The zero-order valence-corrected chi connectivity index (χ0v) is 8.06. The molecule has 0 aliphatic carbocycles. The third-order valence-corrected chi connectivity index (χ3v) is 2.23. The highest BCUT2D eigenvalue weighted by atomic mass is 127. The smallest absolute Gasteiger partial charge is 0.283 e. The fraction of sp³-hybridized carbons (Fsp3) is 0. The Labute approximate surface area is 82.5 Å². The minimum absolute atomic E-state index is 0.0124. The summed E-state index contributed by atoms with van der Waals surface area (Å²) in [5.41, 5.74) is 0.445. The molecule has 0 atom stereocenters. The van der Waals surface area contributed by atoms with Crippen molar-refractivity contribution in [2.75, 3.05) is 0 Å². The number of hydrogen-bond acceptors (Lipinski definition) is 3. The number of hydrogen-bond donors (Lipinski definition) is 1. The van der Waals surface area contributed by atoms with Crippen LogP contribution in [0.25, 0.3) is 0 Å². The van der Waals surface area contributed by atoms with Gasteiger partial charge < -0.3 is 5.11 Å². The third kappa shape index (κ3) is 1.92. The molecule has 12 heavy (non-hydrogen) atoms. The Kier molecular flexibility index (Phi) is 2.99. The fourth-order valence-electron chi connectivity index (χ4n) is 0.750. The summed E-state index contributed by atoms with van der Waals surface area (Å²) in [7, 11) is 0. The molecular formula is C7H5INO3. The van der Waals surface area contributed by atoms with E-state index in [9.17, 15) is 10.1 Å². The van der Waals surface area contributed by atoms with Crippen LogP contribution in [0.1, 0.15) is 5.56 Å². The molecule has 5 heteroatoms. The molecule has 0 spiro atoms. The number of nitro groups is 1. The highest BCUT2D eigenvalue weighted by Crippen LogP contribution is 2.21. The van der Waals surface area contributed by atoms with Gasteiger partial charge in [0.15, 0.2) is 0 Å². The molecule has 0 aromatic heterocycles. The van der Waals surface area contributed by atoms with Crippen LogP contribution in [0.4, 0.5) is 5.69 Å². The Morgan fingerprint density at radius 2 is 2.25 bits per heavy atom. The van der Waals surface area contributed by atoms with Crippen molar-refractivity contribution in [2.24, 2.45) is 0 Å². The van der Waals surface area contributed by atoms with E-state index in [0.717, 1.165) is 6.61 Å². The highest BCUT2D eigenvalue weighted by Gasteiger charge is 2.11. The number of aliphatic hydroxyl groups excluding tert-OH is 1. The van der Waals surface area contributed by atoms with Crippen molar-refractivity contribution in [1.82, 2.24) is 0 Å². The Morgan fingerprint density at radius 1 is 1.58 bits per heavy atom. The van der Waals surface area contributed by atoms with Crippen LogP contribution >= 0.6 is 22.6 Å². The van der Waals surface area contributed by atoms with Crippen molar-refractivity contribution < 1.29 is 10.0 Å². The average molecular weight is 278 g/mol. The van der Waals surface area contributed by atoms with Crippen molar-refractivity contribution in [3.63, 3.8) is 0 Å². The zero-order chi connectivity index (χ0) is 9.14. The summed E-state index contributed by atoms with van der Waals surface area (Å²) in [6, 6.07) is 4.51. The van der Waals surface area contributed by atoms with Crippen LogP contribution in [-0.4, -0.2) is 10.0 Å². The zero-order valence-electron chi connectivity index (χ0n) is 5.90.